The Labute approximate surface area is 183 Å². The number of methoxy groups -OCH3 is 1. The number of hydrogen-bond acceptors (Lipinski definition) is 4. The van der Waals surface area contributed by atoms with Crippen molar-refractivity contribution in [1.82, 2.24) is 10.2 Å². The quantitative estimate of drug-likeness (QED) is 0.614. The number of para-hydroxylation sites is 2. The van der Waals surface area contributed by atoms with Crippen LogP contribution in [-0.4, -0.2) is 42.5 Å². The van der Waals surface area contributed by atoms with E-state index in [0.29, 0.717) is 16.5 Å². The number of nitrogens with zero attached hydrogens (tertiary/aromatic N) is 1. The summed E-state index contributed by atoms with van der Waals surface area (Å²) in [5.41, 5.74) is 0.869. The van der Waals surface area contributed by atoms with E-state index >= 15 is 0 Å². The van der Waals surface area contributed by atoms with E-state index in [-0.39, 0.29) is 31.0 Å². The summed E-state index contributed by atoms with van der Waals surface area (Å²) < 4.78 is 11.0. The SMILES string of the molecule is CC[C@@H](C)NC(=O)[C@@H](C)N(Cc1ccc(Cl)cc1)C(=O)COc1ccccc1OC. The molecule has 0 heterocycles. The first-order valence-electron chi connectivity index (χ1n) is 9.95. The van der Waals surface area contributed by atoms with Gasteiger partial charge < -0.3 is 19.7 Å². The van der Waals surface area contributed by atoms with Crippen LogP contribution in [0.15, 0.2) is 48.5 Å². The van der Waals surface area contributed by atoms with Crippen molar-refractivity contribution in [2.24, 2.45) is 0 Å². The second-order valence-corrected chi connectivity index (χ2v) is 7.52. The minimum absolute atomic E-state index is 0.0252. The van der Waals surface area contributed by atoms with Crippen LogP contribution >= 0.6 is 11.6 Å². The molecule has 2 aromatic carbocycles. The Morgan fingerprint density at radius 3 is 2.30 bits per heavy atom. The first-order chi connectivity index (χ1) is 14.3. The largest absolute Gasteiger partial charge is 0.493 e. The van der Waals surface area contributed by atoms with Crippen LogP contribution in [0.3, 0.4) is 0 Å². The molecule has 2 aromatic rings. The van der Waals surface area contributed by atoms with Crippen molar-refractivity contribution < 1.29 is 19.1 Å². The van der Waals surface area contributed by atoms with Crippen LogP contribution in [0, 0.1) is 0 Å². The number of ether oxygens (including phenoxy) is 2. The van der Waals surface area contributed by atoms with Gasteiger partial charge in [-0.2, -0.15) is 0 Å². The number of amides is 2. The zero-order chi connectivity index (χ0) is 22.1. The van der Waals surface area contributed by atoms with Gasteiger partial charge in [-0.05, 0) is 50.1 Å². The maximum absolute atomic E-state index is 13.0. The molecular formula is C23H29ClN2O4. The molecule has 0 bridgehead atoms. The third-order valence-electron chi connectivity index (χ3n) is 4.85. The molecule has 0 aliphatic rings. The van der Waals surface area contributed by atoms with Crippen molar-refractivity contribution in [1.29, 1.82) is 0 Å². The molecule has 0 fully saturated rings. The van der Waals surface area contributed by atoms with Gasteiger partial charge in [0.05, 0.1) is 7.11 Å². The zero-order valence-electron chi connectivity index (χ0n) is 17.9. The molecule has 2 amide bonds. The summed E-state index contributed by atoms with van der Waals surface area (Å²) in [5.74, 6) is 0.500. The standard InChI is InChI=1S/C23H29ClN2O4/c1-5-16(2)25-23(28)17(3)26(14-18-10-12-19(24)13-11-18)22(27)15-30-21-9-7-6-8-20(21)29-4/h6-13,16-17H,5,14-15H2,1-4H3,(H,25,28)/t16-,17-/m1/s1. The van der Waals surface area contributed by atoms with Gasteiger partial charge in [0.1, 0.15) is 6.04 Å². The Balaban J connectivity index is 2.17. The molecule has 0 aliphatic carbocycles. The normalized spacial score (nSPS) is 12.6. The van der Waals surface area contributed by atoms with Crippen LogP contribution in [0.1, 0.15) is 32.8 Å². The maximum Gasteiger partial charge on any atom is 0.261 e. The van der Waals surface area contributed by atoms with Crippen molar-refractivity contribution >= 4 is 23.4 Å². The van der Waals surface area contributed by atoms with E-state index < -0.39 is 6.04 Å². The molecule has 7 heteroatoms. The smallest absolute Gasteiger partial charge is 0.261 e. The van der Waals surface area contributed by atoms with Gasteiger partial charge in [0.2, 0.25) is 5.91 Å². The molecule has 6 nitrogen and oxygen atoms in total. The van der Waals surface area contributed by atoms with E-state index in [2.05, 4.69) is 5.32 Å². The zero-order valence-corrected chi connectivity index (χ0v) is 18.6. The summed E-state index contributed by atoms with van der Waals surface area (Å²) in [4.78, 5) is 27.2. The molecule has 1 N–H and O–H groups in total. The van der Waals surface area contributed by atoms with Crippen LogP contribution in [0.5, 0.6) is 11.5 Å². The molecule has 30 heavy (non-hydrogen) atoms. The molecule has 0 radical (unpaired) electrons. The molecule has 2 atom stereocenters. The van der Waals surface area contributed by atoms with Gasteiger partial charge in [-0.25, -0.2) is 0 Å². The monoisotopic (exact) mass is 432 g/mol. The van der Waals surface area contributed by atoms with Crippen LogP contribution in [0.2, 0.25) is 5.02 Å². The fourth-order valence-electron chi connectivity index (χ4n) is 2.80. The molecule has 0 saturated heterocycles. The lowest BCUT2D eigenvalue weighted by Crippen LogP contribution is -2.50. The fourth-order valence-corrected chi connectivity index (χ4v) is 2.92. The molecule has 0 saturated carbocycles. The lowest BCUT2D eigenvalue weighted by molar-refractivity contribution is -0.142. The summed E-state index contributed by atoms with van der Waals surface area (Å²) in [7, 11) is 1.54. The highest BCUT2D eigenvalue weighted by Crippen LogP contribution is 2.26. The lowest BCUT2D eigenvalue weighted by Gasteiger charge is -2.29. The Morgan fingerprint density at radius 2 is 1.70 bits per heavy atom. The summed E-state index contributed by atoms with van der Waals surface area (Å²) >= 11 is 5.97. The number of nitrogens with one attached hydrogen (secondary N) is 1. The number of rotatable bonds is 10. The summed E-state index contributed by atoms with van der Waals surface area (Å²) in [6.45, 7) is 5.69. The van der Waals surface area contributed by atoms with E-state index in [1.165, 1.54) is 12.0 Å². The highest BCUT2D eigenvalue weighted by Gasteiger charge is 2.27. The minimum Gasteiger partial charge on any atom is -0.493 e. The second kappa shape index (κ2) is 11.5. The van der Waals surface area contributed by atoms with Gasteiger partial charge >= 0.3 is 0 Å². The highest BCUT2D eigenvalue weighted by atomic mass is 35.5. The van der Waals surface area contributed by atoms with E-state index in [9.17, 15) is 9.59 Å². The van der Waals surface area contributed by atoms with Gasteiger partial charge in [-0.1, -0.05) is 42.8 Å². The number of carbonyl (C=O) groups is 2. The van der Waals surface area contributed by atoms with E-state index in [1.54, 1.807) is 37.3 Å². The topological polar surface area (TPSA) is 67.9 Å². The minimum atomic E-state index is -0.663. The Kier molecular flexibility index (Phi) is 8.99. The summed E-state index contributed by atoms with van der Waals surface area (Å²) in [6.07, 6.45) is 0.806. The van der Waals surface area contributed by atoms with Gasteiger partial charge in [0.15, 0.2) is 18.1 Å². The molecule has 0 unspecified atom stereocenters. The predicted octanol–water partition coefficient (Wildman–Crippen LogP) is 4.06. The van der Waals surface area contributed by atoms with Crippen LogP contribution in [0.4, 0.5) is 0 Å². The van der Waals surface area contributed by atoms with Gasteiger partial charge in [0.25, 0.3) is 5.91 Å². The Hall–Kier alpha value is -2.73. The fraction of sp³-hybridized carbons (Fsp3) is 0.391. The number of carbonyl (C=O) groups excluding carboxylic acids is 2. The summed E-state index contributed by atoms with van der Waals surface area (Å²) in [6, 6.07) is 13.7. The Bertz CT molecular complexity index is 841. The number of benzene rings is 2. The number of halogens is 1. The van der Waals surface area contributed by atoms with Gasteiger partial charge in [-0.3, -0.25) is 9.59 Å². The molecule has 0 aromatic heterocycles. The Morgan fingerprint density at radius 1 is 1.07 bits per heavy atom. The lowest BCUT2D eigenvalue weighted by atomic mass is 10.1. The maximum atomic E-state index is 13.0. The van der Waals surface area contributed by atoms with Gasteiger partial charge in [0, 0.05) is 17.6 Å². The van der Waals surface area contributed by atoms with E-state index in [4.69, 9.17) is 21.1 Å². The van der Waals surface area contributed by atoms with Crippen molar-refractivity contribution in [2.75, 3.05) is 13.7 Å². The van der Waals surface area contributed by atoms with Crippen molar-refractivity contribution in [3.8, 4) is 11.5 Å². The molecule has 0 spiro atoms. The van der Waals surface area contributed by atoms with Crippen LogP contribution in [-0.2, 0) is 16.1 Å². The van der Waals surface area contributed by atoms with E-state index in [1.807, 2.05) is 32.0 Å². The molecule has 2 rings (SSSR count). The van der Waals surface area contributed by atoms with Crippen LogP contribution < -0.4 is 14.8 Å². The number of hydrogen-bond donors (Lipinski definition) is 1. The van der Waals surface area contributed by atoms with Crippen molar-refractivity contribution in [3.63, 3.8) is 0 Å². The van der Waals surface area contributed by atoms with Gasteiger partial charge in [-0.15, -0.1) is 0 Å². The van der Waals surface area contributed by atoms with E-state index in [0.717, 1.165) is 12.0 Å². The first-order valence-corrected chi connectivity index (χ1v) is 10.3. The predicted molar refractivity (Wildman–Crippen MR) is 118 cm³/mol. The molecular weight excluding hydrogens is 404 g/mol. The van der Waals surface area contributed by atoms with Crippen LogP contribution in [0.25, 0.3) is 0 Å². The van der Waals surface area contributed by atoms with Crippen molar-refractivity contribution in [2.45, 2.75) is 45.8 Å². The average molecular weight is 433 g/mol. The summed E-state index contributed by atoms with van der Waals surface area (Å²) in [5, 5.41) is 3.55. The average Bonchev–Trinajstić information content (AvgIpc) is 2.76. The molecule has 162 valence electrons. The first kappa shape index (κ1) is 23.5. The molecule has 0 aliphatic heterocycles. The second-order valence-electron chi connectivity index (χ2n) is 7.08. The third-order valence-corrected chi connectivity index (χ3v) is 5.11. The van der Waals surface area contributed by atoms with Crippen molar-refractivity contribution in [3.05, 3.63) is 59.1 Å². The highest BCUT2D eigenvalue weighted by molar-refractivity contribution is 6.30. The third kappa shape index (κ3) is 6.66.